The molecule has 26 heavy (non-hydrogen) atoms. The van der Waals surface area contributed by atoms with Crippen LogP contribution in [-0.2, 0) is 30.9 Å². The number of ether oxygens (including phenoxy) is 1. The summed E-state index contributed by atoms with van der Waals surface area (Å²) in [5.41, 5.74) is 0.383. The highest BCUT2D eigenvalue weighted by atomic mass is 32.2. The van der Waals surface area contributed by atoms with E-state index in [4.69, 9.17) is 4.74 Å². The molecule has 2 fully saturated rings. The summed E-state index contributed by atoms with van der Waals surface area (Å²) in [7, 11) is -3.67. The third-order valence-corrected chi connectivity index (χ3v) is 5.93. The van der Waals surface area contributed by atoms with Gasteiger partial charge in [0.15, 0.2) is 0 Å². The van der Waals surface area contributed by atoms with Crippen molar-refractivity contribution in [2.45, 2.75) is 38.6 Å². The Morgan fingerprint density at radius 1 is 1.19 bits per heavy atom. The Bertz CT molecular complexity index is 738. The zero-order valence-corrected chi connectivity index (χ0v) is 15.4. The van der Waals surface area contributed by atoms with Crippen molar-refractivity contribution in [1.82, 2.24) is 14.7 Å². The molecule has 0 unspecified atom stereocenters. The standard InChI is InChI=1S/C16H24N4O5S/c21-15-2-1-3-16(22)20(15)6-9-26(23,24)18-14-10-17-19(12-14)11-13-4-7-25-8-5-13/h10,12-13,18H,1-9,11H2. The fraction of sp³-hybridized carbons (Fsp3) is 0.688. The van der Waals surface area contributed by atoms with E-state index in [9.17, 15) is 18.0 Å². The van der Waals surface area contributed by atoms with Crippen LogP contribution in [0.5, 0.6) is 0 Å². The normalized spacial score (nSPS) is 19.8. The summed E-state index contributed by atoms with van der Waals surface area (Å²) in [5.74, 6) is -0.457. The number of hydrogen-bond acceptors (Lipinski definition) is 6. The predicted octanol–water partition coefficient (Wildman–Crippen LogP) is 0.591. The second-order valence-corrected chi connectivity index (χ2v) is 8.56. The Morgan fingerprint density at radius 2 is 1.88 bits per heavy atom. The van der Waals surface area contributed by atoms with Gasteiger partial charge in [-0.05, 0) is 25.2 Å². The van der Waals surface area contributed by atoms with Crippen molar-refractivity contribution in [1.29, 1.82) is 0 Å². The molecule has 144 valence electrons. The van der Waals surface area contributed by atoms with Crippen molar-refractivity contribution in [2.24, 2.45) is 5.92 Å². The molecule has 3 heterocycles. The summed E-state index contributed by atoms with van der Waals surface area (Å²) in [6.07, 6.45) is 6.18. The monoisotopic (exact) mass is 384 g/mol. The number of anilines is 1. The summed E-state index contributed by atoms with van der Waals surface area (Å²) < 4.78 is 34.0. The maximum atomic E-state index is 12.2. The van der Waals surface area contributed by atoms with Gasteiger partial charge >= 0.3 is 0 Å². The van der Waals surface area contributed by atoms with Crippen molar-refractivity contribution in [3.05, 3.63) is 12.4 Å². The largest absolute Gasteiger partial charge is 0.381 e. The molecule has 2 saturated heterocycles. The van der Waals surface area contributed by atoms with Crippen LogP contribution in [0.15, 0.2) is 12.4 Å². The molecule has 0 aliphatic carbocycles. The molecule has 0 atom stereocenters. The molecule has 0 spiro atoms. The van der Waals surface area contributed by atoms with Gasteiger partial charge in [-0.25, -0.2) is 8.42 Å². The number of amides is 2. The number of imide groups is 1. The van der Waals surface area contributed by atoms with Gasteiger partial charge in [-0.2, -0.15) is 5.10 Å². The Kier molecular flexibility index (Phi) is 5.92. The summed E-state index contributed by atoms with van der Waals surface area (Å²) in [6, 6.07) is 0. The number of nitrogens with zero attached hydrogens (tertiary/aromatic N) is 3. The molecule has 0 bridgehead atoms. The van der Waals surface area contributed by atoms with E-state index in [1.165, 1.54) is 6.20 Å². The van der Waals surface area contributed by atoms with Crippen LogP contribution >= 0.6 is 0 Å². The van der Waals surface area contributed by atoms with Crippen LogP contribution in [0.1, 0.15) is 32.1 Å². The molecule has 2 aliphatic heterocycles. The first-order valence-corrected chi connectivity index (χ1v) is 10.5. The Balaban J connectivity index is 1.52. The van der Waals surface area contributed by atoms with Crippen LogP contribution in [0.3, 0.4) is 0 Å². The maximum absolute atomic E-state index is 12.2. The lowest BCUT2D eigenvalue weighted by Crippen LogP contribution is -2.43. The lowest BCUT2D eigenvalue weighted by atomic mass is 10.0. The average Bonchev–Trinajstić information content (AvgIpc) is 3.01. The van der Waals surface area contributed by atoms with Gasteiger partial charge in [-0.3, -0.25) is 23.9 Å². The van der Waals surface area contributed by atoms with Gasteiger partial charge in [0, 0.05) is 45.3 Å². The minimum Gasteiger partial charge on any atom is -0.381 e. The SMILES string of the molecule is O=C1CCCC(=O)N1CCS(=O)(=O)Nc1cnn(CC2CCOCC2)c1. The van der Waals surface area contributed by atoms with Crippen LogP contribution in [-0.4, -0.2) is 60.4 Å². The van der Waals surface area contributed by atoms with E-state index in [0.29, 0.717) is 18.0 Å². The smallest absolute Gasteiger partial charge is 0.234 e. The molecule has 2 amide bonds. The van der Waals surface area contributed by atoms with Gasteiger partial charge in [0.1, 0.15) is 0 Å². The first-order chi connectivity index (χ1) is 12.4. The molecule has 2 aliphatic rings. The van der Waals surface area contributed by atoms with Crippen molar-refractivity contribution in [3.63, 3.8) is 0 Å². The number of nitrogens with one attached hydrogen (secondary N) is 1. The van der Waals surface area contributed by atoms with E-state index >= 15 is 0 Å². The molecule has 0 saturated carbocycles. The number of rotatable bonds is 7. The Hall–Kier alpha value is -1.94. The van der Waals surface area contributed by atoms with Crippen molar-refractivity contribution in [3.8, 4) is 0 Å². The minimum atomic E-state index is -3.67. The number of likely N-dealkylation sites (tertiary alicyclic amines) is 1. The predicted molar refractivity (Wildman–Crippen MR) is 93.8 cm³/mol. The van der Waals surface area contributed by atoms with E-state index in [-0.39, 0.29) is 37.0 Å². The van der Waals surface area contributed by atoms with Crippen molar-refractivity contribution >= 4 is 27.5 Å². The minimum absolute atomic E-state index is 0.122. The van der Waals surface area contributed by atoms with E-state index in [2.05, 4.69) is 9.82 Å². The molecule has 0 radical (unpaired) electrons. The van der Waals surface area contributed by atoms with Gasteiger partial charge in [-0.15, -0.1) is 0 Å². The second kappa shape index (κ2) is 8.17. The number of aromatic nitrogens is 2. The van der Waals surface area contributed by atoms with Crippen LogP contribution < -0.4 is 4.72 Å². The van der Waals surface area contributed by atoms with E-state index in [0.717, 1.165) is 37.5 Å². The summed E-state index contributed by atoms with van der Waals surface area (Å²) >= 11 is 0. The van der Waals surface area contributed by atoms with Crippen LogP contribution in [0.4, 0.5) is 5.69 Å². The fourth-order valence-corrected chi connectivity index (χ4v) is 4.19. The van der Waals surface area contributed by atoms with Gasteiger partial charge in [0.05, 0.1) is 17.6 Å². The molecule has 1 aromatic heterocycles. The number of sulfonamides is 1. The molecule has 9 nitrogen and oxygen atoms in total. The lowest BCUT2D eigenvalue weighted by Gasteiger charge is -2.24. The number of carbonyl (C=O) groups excluding carboxylic acids is 2. The van der Waals surface area contributed by atoms with Gasteiger partial charge in [-0.1, -0.05) is 0 Å². The van der Waals surface area contributed by atoms with Crippen molar-refractivity contribution in [2.75, 3.05) is 30.2 Å². The zero-order chi connectivity index (χ0) is 18.6. The Labute approximate surface area is 152 Å². The first kappa shape index (κ1) is 18.8. The highest BCUT2D eigenvalue weighted by molar-refractivity contribution is 7.92. The molecule has 3 rings (SSSR count). The third kappa shape index (κ3) is 5.04. The quantitative estimate of drug-likeness (QED) is 0.689. The first-order valence-electron chi connectivity index (χ1n) is 8.87. The van der Waals surface area contributed by atoms with Gasteiger partial charge in [0.25, 0.3) is 0 Å². The topological polar surface area (TPSA) is 111 Å². The van der Waals surface area contributed by atoms with E-state index in [1.807, 2.05) is 0 Å². The van der Waals surface area contributed by atoms with Crippen LogP contribution in [0, 0.1) is 5.92 Å². The van der Waals surface area contributed by atoms with Crippen molar-refractivity contribution < 1.29 is 22.7 Å². The lowest BCUT2D eigenvalue weighted by molar-refractivity contribution is -0.147. The summed E-state index contributed by atoms with van der Waals surface area (Å²) in [5, 5.41) is 4.20. The maximum Gasteiger partial charge on any atom is 0.234 e. The molecular weight excluding hydrogens is 360 g/mol. The van der Waals surface area contributed by atoms with Crippen LogP contribution in [0.2, 0.25) is 0 Å². The highest BCUT2D eigenvalue weighted by Gasteiger charge is 2.27. The highest BCUT2D eigenvalue weighted by Crippen LogP contribution is 2.18. The molecule has 1 N–H and O–H groups in total. The third-order valence-electron chi connectivity index (χ3n) is 4.66. The zero-order valence-electron chi connectivity index (χ0n) is 14.6. The number of piperidine rings is 1. The molecule has 0 aromatic carbocycles. The summed E-state index contributed by atoms with van der Waals surface area (Å²) in [4.78, 5) is 24.5. The fourth-order valence-electron chi connectivity index (χ4n) is 3.20. The van der Waals surface area contributed by atoms with E-state index < -0.39 is 10.0 Å². The van der Waals surface area contributed by atoms with E-state index in [1.54, 1.807) is 10.9 Å². The Morgan fingerprint density at radius 3 is 2.58 bits per heavy atom. The summed E-state index contributed by atoms with van der Waals surface area (Å²) in [6.45, 7) is 2.10. The molecular formula is C16H24N4O5S. The van der Waals surface area contributed by atoms with Gasteiger partial charge in [0.2, 0.25) is 21.8 Å². The second-order valence-electron chi connectivity index (χ2n) is 6.72. The number of hydrogen-bond donors (Lipinski definition) is 1. The average molecular weight is 384 g/mol. The molecule has 1 aromatic rings. The molecule has 10 heteroatoms. The van der Waals surface area contributed by atoms with Gasteiger partial charge < -0.3 is 4.74 Å². The number of carbonyl (C=O) groups is 2. The van der Waals surface area contributed by atoms with Crippen LogP contribution in [0.25, 0.3) is 0 Å².